The standard InChI is InChI=1S/C20H32N6O/c1-2-21-18-7-10-22-20(24-18)25-12-8-17(9-13-25)26-11-3-4-15(14-26)19(27)23-16-5-6-16/h7,10,15-17H,2-6,8-9,11-14H2,1H3,(H,23,27)(H,21,22,24). The number of carbonyl (C=O) groups is 1. The number of hydrogen-bond acceptors (Lipinski definition) is 6. The maximum absolute atomic E-state index is 12.4. The molecule has 3 fully saturated rings. The van der Waals surface area contributed by atoms with Crippen molar-refractivity contribution < 1.29 is 4.79 Å². The second-order valence-corrected chi connectivity index (χ2v) is 8.11. The first-order chi connectivity index (χ1) is 13.2. The van der Waals surface area contributed by atoms with Crippen molar-refractivity contribution in [3.63, 3.8) is 0 Å². The zero-order valence-corrected chi connectivity index (χ0v) is 16.4. The Hall–Kier alpha value is -1.89. The summed E-state index contributed by atoms with van der Waals surface area (Å²) in [5.74, 6) is 2.18. The Morgan fingerprint density at radius 2 is 2.00 bits per heavy atom. The number of likely N-dealkylation sites (tertiary alicyclic amines) is 1. The number of rotatable bonds is 6. The highest BCUT2D eigenvalue weighted by Crippen LogP contribution is 2.27. The third-order valence-electron chi connectivity index (χ3n) is 6.01. The van der Waals surface area contributed by atoms with Crippen molar-refractivity contribution in [3.05, 3.63) is 12.3 Å². The second-order valence-electron chi connectivity index (χ2n) is 8.11. The van der Waals surface area contributed by atoms with Gasteiger partial charge in [0.25, 0.3) is 0 Å². The monoisotopic (exact) mass is 372 g/mol. The van der Waals surface area contributed by atoms with Gasteiger partial charge < -0.3 is 15.5 Å². The molecule has 1 aliphatic carbocycles. The number of amides is 1. The summed E-state index contributed by atoms with van der Waals surface area (Å²) in [5.41, 5.74) is 0. The SMILES string of the molecule is CCNc1ccnc(N2CCC(N3CCCC(C(=O)NC4CC4)C3)CC2)n1. The molecule has 1 aromatic rings. The van der Waals surface area contributed by atoms with E-state index in [9.17, 15) is 4.79 Å². The molecule has 0 spiro atoms. The molecule has 0 aromatic carbocycles. The Balaban J connectivity index is 1.29. The summed E-state index contributed by atoms with van der Waals surface area (Å²) in [4.78, 5) is 26.4. The minimum atomic E-state index is 0.178. The quantitative estimate of drug-likeness (QED) is 0.794. The molecule has 7 nitrogen and oxygen atoms in total. The molecule has 3 heterocycles. The lowest BCUT2D eigenvalue weighted by molar-refractivity contribution is -0.127. The molecule has 27 heavy (non-hydrogen) atoms. The number of hydrogen-bond donors (Lipinski definition) is 2. The summed E-state index contributed by atoms with van der Waals surface area (Å²) >= 11 is 0. The fraction of sp³-hybridized carbons (Fsp3) is 0.750. The summed E-state index contributed by atoms with van der Waals surface area (Å²) < 4.78 is 0. The molecule has 1 atom stereocenters. The highest BCUT2D eigenvalue weighted by atomic mass is 16.2. The molecule has 1 saturated carbocycles. The summed E-state index contributed by atoms with van der Waals surface area (Å²) in [6.07, 6.45) is 8.57. The molecule has 4 rings (SSSR count). The van der Waals surface area contributed by atoms with Crippen LogP contribution in [0.5, 0.6) is 0 Å². The van der Waals surface area contributed by atoms with Gasteiger partial charge >= 0.3 is 0 Å². The molecule has 0 bridgehead atoms. The van der Waals surface area contributed by atoms with Crippen LogP contribution < -0.4 is 15.5 Å². The Kier molecular flexibility index (Phi) is 5.76. The lowest BCUT2D eigenvalue weighted by Gasteiger charge is -2.42. The number of anilines is 2. The van der Waals surface area contributed by atoms with Gasteiger partial charge in [-0.05, 0) is 58.1 Å². The predicted octanol–water partition coefficient (Wildman–Crippen LogP) is 1.87. The average Bonchev–Trinajstić information content (AvgIpc) is 3.53. The first-order valence-electron chi connectivity index (χ1n) is 10.6. The summed E-state index contributed by atoms with van der Waals surface area (Å²) in [5, 5.41) is 6.45. The van der Waals surface area contributed by atoms with Gasteiger partial charge in [-0.15, -0.1) is 0 Å². The molecule has 2 saturated heterocycles. The van der Waals surface area contributed by atoms with Crippen LogP contribution in [0.3, 0.4) is 0 Å². The van der Waals surface area contributed by atoms with E-state index in [-0.39, 0.29) is 11.8 Å². The van der Waals surface area contributed by atoms with Crippen LogP contribution in [0, 0.1) is 5.92 Å². The van der Waals surface area contributed by atoms with Crippen LogP contribution >= 0.6 is 0 Å². The number of piperidine rings is 2. The maximum atomic E-state index is 12.4. The van der Waals surface area contributed by atoms with Gasteiger partial charge in [0, 0.05) is 44.5 Å². The molecule has 1 aromatic heterocycles. The van der Waals surface area contributed by atoms with Crippen molar-refractivity contribution in [3.8, 4) is 0 Å². The third kappa shape index (κ3) is 4.69. The van der Waals surface area contributed by atoms with Gasteiger partial charge in [0.05, 0.1) is 5.92 Å². The number of carbonyl (C=O) groups excluding carboxylic acids is 1. The van der Waals surface area contributed by atoms with E-state index in [1.807, 2.05) is 12.3 Å². The van der Waals surface area contributed by atoms with E-state index in [1.54, 1.807) is 0 Å². The van der Waals surface area contributed by atoms with Crippen LogP contribution in [0.15, 0.2) is 12.3 Å². The molecule has 3 aliphatic rings. The first kappa shape index (κ1) is 18.5. The van der Waals surface area contributed by atoms with Crippen LogP contribution in [0.25, 0.3) is 0 Å². The van der Waals surface area contributed by atoms with Gasteiger partial charge in [0.1, 0.15) is 5.82 Å². The van der Waals surface area contributed by atoms with Crippen LogP contribution in [0.1, 0.15) is 45.4 Å². The van der Waals surface area contributed by atoms with Crippen molar-refractivity contribution in [1.82, 2.24) is 20.2 Å². The topological polar surface area (TPSA) is 73.4 Å². The summed E-state index contributed by atoms with van der Waals surface area (Å²) in [6.45, 7) is 6.96. The lowest BCUT2D eigenvalue weighted by Crippen LogP contribution is -2.51. The molecule has 2 aliphatic heterocycles. The molecule has 1 amide bonds. The van der Waals surface area contributed by atoms with Crippen molar-refractivity contribution in [2.45, 2.75) is 57.5 Å². The van der Waals surface area contributed by atoms with E-state index in [4.69, 9.17) is 0 Å². The predicted molar refractivity (Wildman–Crippen MR) is 107 cm³/mol. The zero-order chi connectivity index (χ0) is 18.6. The van der Waals surface area contributed by atoms with Crippen LogP contribution in [0.4, 0.5) is 11.8 Å². The molecule has 0 radical (unpaired) electrons. The fourth-order valence-electron chi connectivity index (χ4n) is 4.31. The fourth-order valence-corrected chi connectivity index (χ4v) is 4.31. The largest absolute Gasteiger partial charge is 0.370 e. The molecule has 148 valence electrons. The normalized spacial score (nSPS) is 24.6. The molecular formula is C20H32N6O. The van der Waals surface area contributed by atoms with Gasteiger partial charge in [-0.3, -0.25) is 9.69 Å². The number of nitrogens with zero attached hydrogens (tertiary/aromatic N) is 4. The third-order valence-corrected chi connectivity index (χ3v) is 6.01. The number of nitrogens with one attached hydrogen (secondary N) is 2. The highest BCUT2D eigenvalue weighted by Gasteiger charge is 2.34. The van der Waals surface area contributed by atoms with Gasteiger partial charge in [0.15, 0.2) is 0 Å². The van der Waals surface area contributed by atoms with Crippen molar-refractivity contribution in [2.24, 2.45) is 5.92 Å². The summed E-state index contributed by atoms with van der Waals surface area (Å²) in [7, 11) is 0. The first-order valence-corrected chi connectivity index (χ1v) is 10.6. The smallest absolute Gasteiger partial charge is 0.227 e. The minimum Gasteiger partial charge on any atom is -0.370 e. The van der Waals surface area contributed by atoms with Crippen molar-refractivity contribution >= 4 is 17.7 Å². The Morgan fingerprint density at radius 3 is 2.74 bits per heavy atom. The second kappa shape index (κ2) is 8.42. The summed E-state index contributed by atoms with van der Waals surface area (Å²) in [6, 6.07) is 2.96. The van der Waals surface area contributed by atoms with Crippen LogP contribution in [0.2, 0.25) is 0 Å². The maximum Gasteiger partial charge on any atom is 0.227 e. The Morgan fingerprint density at radius 1 is 1.19 bits per heavy atom. The van der Waals surface area contributed by atoms with Crippen molar-refractivity contribution in [1.29, 1.82) is 0 Å². The molecule has 2 N–H and O–H groups in total. The van der Waals surface area contributed by atoms with E-state index in [0.29, 0.717) is 12.1 Å². The van der Waals surface area contributed by atoms with E-state index in [0.717, 1.165) is 83.0 Å². The lowest BCUT2D eigenvalue weighted by atomic mass is 9.93. The highest BCUT2D eigenvalue weighted by molar-refractivity contribution is 5.79. The van der Waals surface area contributed by atoms with Gasteiger partial charge in [0.2, 0.25) is 11.9 Å². The van der Waals surface area contributed by atoms with E-state index >= 15 is 0 Å². The van der Waals surface area contributed by atoms with Crippen LogP contribution in [-0.2, 0) is 4.79 Å². The molecular weight excluding hydrogens is 340 g/mol. The Labute approximate surface area is 161 Å². The minimum absolute atomic E-state index is 0.178. The zero-order valence-electron chi connectivity index (χ0n) is 16.4. The molecule has 1 unspecified atom stereocenters. The van der Waals surface area contributed by atoms with Crippen LogP contribution in [-0.4, -0.2) is 65.6 Å². The average molecular weight is 373 g/mol. The Bertz CT molecular complexity index is 641. The van der Waals surface area contributed by atoms with Gasteiger partial charge in [-0.2, -0.15) is 4.98 Å². The van der Waals surface area contributed by atoms with E-state index in [1.165, 1.54) is 0 Å². The number of aromatic nitrogens is 2. The molecule has 7 heteroatoms. The van der Waals surface area contributed by atoms with Crippen molar-refractivity contribution in [2.75, 3.05) is 42.9 Å². The van der Waals surface area contributed by atoms with Gasteiger partial charge in [-0.1, -0.05) is 0 Å². The van der Waals surface area contributed by atoms with E-state index in [2.05, 4.69) is 37.3 Å². The van der Waals surface area contributed by atoms with E-state index < -0.39 is 0 Å². The van der Waals surface area contributed by atoms with Gasteiger partial charge in [-0.25, -0.2) is 4.98 Å².